The highest BCUT2D eigenvalue weighted by atomic mass is 32.2. The van der Waals surface area contributed by atoms with Crippen molar-refractivity contribution in [3.05, 3.63) is 42.5 Å². The molecule has 1 aromatic carbocycles. The number of nitrogens with one attached hydrogen (secondary N) is 1. The van der Waals surface area contributed by atoms with Gasteiger partial charge in [0.1, 0.15) is 0 Å². The number of rotatable bonds is 5. The lowest BCUT2D eigenvalue weighted by Gasteiger charge is -2.28. The van der Waals surface area contributed by atoms with E-state index in [2.05, 4.69) is 43.1 Å². The van der Waals surface area contributed by atoms with Gasteiger partial charge in [-0.05, 0) is 43.6 Å². The first-order chi connectivity index (χ1) is 8.31. The van der Waals surface area contributed by atoms with Crippen LogP contribution in [0.2, 0.25) is 0 Å². The molecular formula is C15H21NS. The van der Waals surface area contributed by atoms with Crippen LogP contribution in [0.5, 0.6) is 0 Å². The largest absolute Gasteiger partial charge is 0.307 e. The van der Waals surface area contributed by atoms with Crippen molar-refractivity contribution < 1.29 is 0 Å². The summed E-state index contributed by atoms with van der Waals surface area (Å²) in [6, 6.07) is 9.88. The Bertz CT molecular complexity index is 375. The van der Waals surface area contributed by atoms with Gasteiger partial charge in [0, 0.05) is 17.0 Å². The molecule has 0 aromatic heterocycles. The van der Waals surface area contributed by atoms with Gasteiger partial charge in [0.25, 0.3) is 0 Å². The Morgan fingerprint density at radius 2 is 2.35 bits per heavy atom. The van der Waals surface area contributed by atoms with E-state index in [9.17, 15) is 0 Å². The van der Waals surface area contributed by atoms with E-state index in [0.29, 0.717) is 12.1 Å². The Balaban J connectivity index is 2.00. The molecule has 0 saturated carbocycles. The Hall–Kier alpha value is -0.730. The van der Waals surface area contributed by atoms with E-state index < -0.39 is 0 Å². The van der Waals surface area contributed by atoms with Crippen molar-refractivity contribution in [2.45, 2.75) is 43.2 Å². The summed E-state index contributed by atoms with van der Waals surface area (Å²) in [5, 5.41) is 3.75. The second-order valence-corrected chi connectivity index (χ2v) is 5.80. The molecule has 0 amide bonds. The molecule has 0 radical (unpaired) electrons. The van der Waals surface area contributed by atoms with E-state index in [4.69, 9.17) is 0 Å². The van der Waals surface area contributed by atoms with Gasteiger partial charge in [-0.25, -0.2) is 0 Å². The van der Waals surface area contributed by atoms with Crippen LogP contribution in [-0.2, 0) is 0 Å². The van der Waals surface area contributed by atoms with Crippen LogP contribution >= 0.6 is 11.8 Å². The molecule has 1 aliphatic rings. The molecule has 0 bridgehead atoms. The smallest absolute Gasteiger partial charge is 0.0341 e. The van der Waals surface area contributed by atoms with Gasteiger partial charge in [-0.2, -0.15) is 0 Å². The molecule has 1 aromatic rings. The summed E-state index contributed by atoms with van der Waals surface area (Å²) in [7, 11) is 0. The van der Waals surface area contributed by atoms with Crippen LogP contribution in [0, 0.1) is 0 Å². The van der Waals surface area contributed by atoms with E-state index >= 15 is 0 Å². The Kier molecular flexibility index (Phi) is 4.69. The van der Waals surface area contributed by atoms with Crippen LogP contribution in [0.15, 0.2) is 41.8 Å². The molecule has 2 atom stereocenters. The molecule has 0 spiro atoms. The summed E-state index contributed by atoms with van der Waals surface area (Å²) in [6.45, 7) is 6.06. The van der Waals surface area contributed by atoms with Gasteiger partial charge in [-0.1, -0.05) is 24.3 Å². The van der Waals surface area contributed by atoms with Crippen molar-refractivity contribution in [1.82, 2.24) is 5.32 Å². The number of hydrogen-bond acceptors (Lipinski definition) is 2. The molecule has 1 aliphatic heterocycles. The lowest BCUT2D eigenvalue weighted by atomic mass is 10.0. The number of hydrogen-bond donors (Lipinski definition) is 1. The van der Waals surface area contributed by atoms with Crippen LogP contribution in [-0.4, -0.2) is 11.8 Å². The van der Waals surface area contributed by atoms with E-state index in [-0.39, 0.29) is 0 Å². The molecule has 2 rings (SSSR count). The highest BCUT2D eigenvalue weighted by molar-refractivity contribution is 7.99. The van der Waals surface area contributed by atoms with Crippen LogP contribution in [0.4, 0.5) is 0 Å². The number of allylic oxidation sites excluding steroid dienone is 1. The monoisotopic (exact) mass is 247 g/mol. The number of fused-ring (bicyclic) bond motifs is 1. The maximum Gasteiger partial charge on any atom is 0.0341 e. The second-order valence-electron chi connectivity index (χ2n) is 4.66. The van der Waals surface area contributed by atoms with Crippen LogP contribution < -0.4 is 5.32 Å². The SMILES string of the molecule is C=CCCC(C)NC1CCSc2ccccc21. The maximum absolute atomic E-state index is 3.78. The van der Waals surface area contributed by atoms with Gasteiger partial charge in [0.05, 0.1) is 0 Å². The first-order valence-electron chi connectivity index (χ1n) is 6.40. The average molecular weight is 247 g/mol. The molecule has 1 nitrogen and oxygen atoms in total. The predicted molar refractivity (Wildman–Crippen MR) is 76.6 cm³/mol. The maximum atomic E-state index is 3.78. The molecule has 2 heteroatoms. The molecule has 0 aliphatic carbocycles. The topological polar surface area (TPSA) is 12.0 Å². The van der Waals surface area contributed by atoms with Gasteiger partial charge in [-0.3, -0.25) is 0 Å². The number of benzene rings is 1. The van der Waals surface area contributed by atoms with Gasteiger partial charge in [0.15, 0.2) is 0 Å². The summed E-state index contributed by atoms with van der Waals surface area (Å²) in [5.74, 6) is 1.23. The first kappa shape index (κ1) is 12.7. The third-order valence-corrected chi connectivity index (χ3v) is 4.37. The third-order valence-electron chi connectivity index (χ3n) is 3.25. The quantitative estimate of drug-likeness (QED) is 0.784. The fraction of sp³-hybridized carbons (Fsp3) is 0.467. The molecule has 17 heavy (non-hydrogen) atoms. The highest BCUT2D eigenvalue weighted by Crippen LogP contribution is 2.36. The highest BCUT2D eigenvalue weighted by Gasteiger charge is 2.20. The zero-order chi connectivity index (χ0) is 12.1. The second kappa shape index (κ2) is 6.27. The van der Waals surface area contributed by atoms with E-state index in [0.717, 1.165) is 6.42 Å². The summed E-state index contributed by atoms with van der Waals surface area (Å²) in [6.07, 6.45) is 5.51. The molecule has 0 fully saturated rings. The van der Waals surface area contributed by atoms with Crippen LogP contribution in [0.1, 0.15) is 37.8 Å². The fourth-order valence-corrected chi connectivity index (χ4v) is 3.44. The van der Waals surface area contributed by atoms with Crippen LogP contribution in [0.3, 0.4) is 0 Å². The van der Waals surface area contributed by atoms with Crippen molar-refractivity contribution in [2.75, 3.05) is 5.75 Å². The Morgan fingerprint density at radius 1 is 1.53 bits per heavy atom. The average Bonchev–Trinajstić information content (AvgIpc) is 2.37. The fourth-order valence-electron chi connectivity index (χ4n) is 2.31. The molecule has 2 unspecified atom stereocenters. The minimum atomic E-state index is 0.535. The molecule has 1 N–H and O–H groups in total. The van der Waals surface area contributed by atoms with Gasteiger partial charge in [0.2, 0.25) is 0 Å². The van der Waals surface area contributed by atoms with Gasteiger partial charge in [-0.15, -0.1) is 18.3 Å². The predicted octanol–water partition coefficient (Wildman–Crippen LogP) is 4.17. The van der Waals surface area contributed by atoms with Crippen molar-refractivity contribution in [3.63, 3.8) is 0 Å². The minimum absolute atomic E-state index is 0.535. The first-order valence-corrected chi connectivity index (χ1v) is 7.38. The Labute approximate surface area is 109 Å². The summed E-state index contributed by atoms with van der Waals surface area (Å²) in [4.78, 5) is 1.45. The summed E-state index contributed by atoms with van der Waals surface area (Å²) in [5.41, 5.74) is 1.48. The van der Waals surface area contributed by atoms with Crippen molar-refractivity contribution in [3.8, 4) is 0 Å². The Morgan fingerprint density at radius 3 is 3.18 bits per heavy atom. The number of thioether (sulfide) groups is 1. The van der Waals surface area contributed by atoms with E-state index in [1.165, 1.54) is 29.1 Å². The standard InChI is InChI=1S/C15H21NS/c1-3-4-7-12(2)16-14-10-11-17-15-9-6-5-8-13(14)15/h3,5-6,8-9,12,14,16H,1,4,7,10-11H2,2H3. The molecular weight excluding hydrogens is 226 g/mol. The van der Waals surface area contributed by atoms with E-state index in [1.54, 1.807) is 0 Å². The normalized spacial score (nSPS) is 20.6. The van der Waals surface area contributed by atoms with Crippen molar-refractivity contribution in [2.24, 2.45) is 0 Å². The summed E-state index contributed by atoms with van der Waals surface area (Å²) < 4.78 is 0. The van der Waals surface area contributed by atoms with Crippen LogP contribution in [0.25, 0.3) is 0 Å². The van der Waals surface area contributed by atoms with Gasteiger partial charge < -0.3 is 5.32 Å². The van der Waals surface area contributed by atoms with Crippen molar-refractivity contribution >= 4 is 11.8 Å². The molecule has 0 saturated heterocycles. The third kappa shape index (κ3) is 3.36. The minimum Gasteiger partial charge on any atom is -0.307 e. The molecule has 1 heterocycles. The zero-order valence-electron chi connectivity index (χ0n) is 10.5. The summed E-state index contributed by atoms with van der Waals surface area (Å²) >= 11 is 1.98. The lowest BCUT2D eigenvalue weighted by Crippen LogP contribution is -2.32. The lowest BCUT2D eigenvalue weighted by molar-refractivity contribution is 0.424. The zero-order valence-corrected chi connectivity index (χ0v) is 11.3. The van der Waals surface area contributed by atoms with E-state index in [1.807, 2.05) is 17.8 Å². The molecule has 92 valence electrons. The van der Waals surface area contributed by atoms with Crippen molar-refractivity contribution in [1.29, 1.82) is 0 Å². The van der Waals surface area contributed by atoms with Gasteiger partial charge >= 0.3 is 0 Å².